The maximum absolute atomic E-state index is 12.5. The van der Waals surface area contributed by atoms with Gasteiger partial charge in [-0.3, -0.25) is 19.2 Å². The first-order valence-electron chi connectivity index (χ1n) is 9.34. The van der Waals surface area contributed by atoms with Crippen molar-refractivity contribution < 1.29 is 27.9 Å². The summed E-state index contributed by atoms with van der Waals surface area (Å²) in [4.78, 5) is 43.8. The monoisotopic (exact) mass is 442 g/mol. The summed E-state index contributed by atoms with van der Waals surface area (Å²) in [5.41, 5.74) is 0.643. The Balaban J connectivity index is 0.00000101. The van der Waals surface area contributed by atoms with Gasteiger partial charge in [-0.25, -0.2) is 12.7 Å². The van der Waals surface area contributed by atoms with Gasteiger partial charge in [0.1, 0.15) is 0 Å². The largest absolute Gasteiger partial charge is 0.483 e. The third kappa shape index (κ3) is 5.66. The summed E-state index contributed by atoms with van der Waals surface area (Å²) in [7, 11) is -3.34. The standard InChI is InChI=1S/C17H24N4O5S.CH2O2/c1-11(22)18-8-16(23)19-7-15-13-6-12(9-20(10-13)27(2,25)26)14-4-3-5-17(24)21(14)15;2-1-3/h3-5,12-13,15H,6-10H2,1-2H3,(H,18,22)(H,19,23);1H,(H,2,3)/t12-,13+,15+;/m1./s1. The van der Waals surface area contributed by atoms with Gasteiger partial charge in [-0.05, 0) is 18.4 Å². The summed E-state index contributed by atoms with van der Waals surface area (Å²) < 4.78 is 27.3. The van der Waals surface area contributed by atoms with Gasteiger partial charge in [-0.1, -0.05) is 6.07 Å². The van der Waals surface area contributed by atoms with Crippen LogP contribution >= 0.6 is 0 Å². The van der Waals surface area contributed by atoms with Crippen molar-refractivity contribution in [1.82, 2.24) is 19.5 Å². The topological polar surface area (TPSA) is 155 Å². The molecule has 2 bridgehead atoms. The molecule has 0 spiro atoms. The number of amides is 2. The molecule has 0 aromatic carbocycles. The highest BCUT2D eigenvalue weighted by atomic mass is 32.2. The number of rotatable bonds is 5. The number of pyridine rings is 1. The fourth-order valence-electron chi connectivity index (χ4n) is 4.02. The van der Waals surface area contributed by atoms with Crippen LogP contribution in [0.3, 0.4) is 0 Å². The Hall–Kier alpha value is -2.73. The second kappa shape index (κ2) is 9.85. The molecule has 166 valence electrons. The van der Waals surface area contributed by atoms with Gasteiger partial charge < -0.3 is 20.3 Å². The van der Waals surface area contributed by atoms with Crippen molar-refractivity contribution in [2.24, 2.45) is 5.92 Å². The highest BCUT2D eigenvalue weighted by Crippen LogP contribution is 2.41. The molecule has 11 nitrogen and oxygen atoms in total. The zero-order valence-electron chi connectivity index (χ0n) is 16.8. The molecule has 1 saturated heterocycles. The smallest absolute Gasteiger partial charge is 0.290 e. The van der Waals surface area contributed by atoms with E-state index < -0.39 is 10.0 Å². The van der Waals surface area contributed by atoms with Crippen molar-refractivity contribution in [2.75, 3.05) is 32.4 Å². The molecule has 3 rings (SSSR count). The molecule has 1 aromatic rings. The van der Waals surface area contributed by atoms with Crippen LogP contribution in [-0.2, 0) is 24.4 Å². The van der Waals surface area contributed by atoms with E-state index >= 15 is 0 Å². The van der Waals surface area contributed by atoms with Crippen LogP contribution in [-0.4, -0.2) is 73.1 Å². The molecule has 1 fully saturated rings. The summed E-state index contributed by atoms with van der Waals surface area (Å²) in [5, 5.41) is 12.1. The minimum absolute atomic E-state index is 0.0429. The van der Waals surface area contributed by atoms with Crippen LogP contribution in [0.25, 0.3) is 0 Å². The van der Waals surface area contributed by atoms with Gasteiger partial charge in [0, 0.05) is 44.2 Å². The van der Waals surface area contributed by atoms with E-state index in [1.807, 2.05) is 6.07 Å². The molecule has 2 aliphatic heterocycles. The fraction of sp³-hybridized carbons (Fsp3) is 0.556. The second-order valence-corrected chi connectivity index (χ2v) is 9.30. The van der Waals surface area contributed by atoms with E-state index in [2.05, 4.69) is 10.6 Å². The zero-order chi connectivity index (χ0) is 22.5. The van der Waals surface area contributed by atoms with Gasteiger partial charge in [-0.15, -0.1) is 0 Å². The van der Waals surface area contributed by atoms with Crippen LogP contribution in [0.1, 0.15) is 31.0 Å². The van der Waals surface area contributed by atoms with Crippen molar-refractivity contribution >= 4 is 28.3 Å². The molecule has 0 unspecified atom stereocenters. The number of nitrogens with zero attached hydrogens (tertiary/aromatic N) is 2. The number of carboxylic acid groups (broad SMARTS) is 1. The number of fused-ring (bicyclic) bond motifs is 4. The lowest BCUT2D eigenvalue weighted by Gasteiger charge is -2.46. The number of carbonyl (C=O) groups excluding carboxylic acids is 2. The number of sulfonamides is 1. The number of piperidine rings is 1. The van der Waals surface area contributed by atoms with Gasteiger partial charge >= 0.3 is 0 Å². The number of nitrogens with one attached hydrogen (secondary N) is 2. The summed E-state index contributed by atoms with van der Waals surface area (Å²) in [6, 6.07) is 4.67. The minimum atomic E-state index is -3.34. The lowest BCUT2D eigenvalue weighted by Crippen LogP contribution is -2.53. The lowest BCUT2D eigenvalue weighted by molar-refractivity contribution is -0.125. The normalized spacial score (nSPS) is 22.7. The fourth-order valence-corrected chi connectivity index (χ4v) is 4.93. The van der Waals surface area contributed by atoms with E-state index in [0.717, 1.165) is 12.1 Å². The Morgan fingerprint density at radius 3 is 2.53 bits per heavy atom. The molecule has 0 radical (unpaired) electrons. The van der Waals surface area contributed by atoms with E-state index in [1.165, 1.54) is 23.6 Å². The number of carbonyl (C=O) groups is 3. The molecule has 3 atom stereocenters. The van der Waals surface area contributed by atoms with Gasteiger partial charge in [-0.2, -0.15) is 0 Å². The molecule has 0 aliphatic carbocycles. The lowest BCUT2D eigenvalue weighted by atomic mass is 9.79. The third-order valence-electron chi connectivity index (χ3n) is 5.24. The Bertz CT molecular complexity index is 960. The van der Waals surface area contributed by atoms with E-state index in [0.29, 0.717) is 13.1 Å². The second-order valence-electron chi connectivity index (χ2n) is 7.32. The molecular weight excluding hydrogens is 416 g/mol. The Labute approximate surface area is 174 Å². The Kier molecular flexibility index (Phi) is 7.73. The molecule has 30 heavy (non-hydrogen) atoms. The maximum atomic E-state index is 12.5. The quantitative estimate of drug-likeness (QED) is 0.480. The van der Waals surface area contributed by atoms with Crippen molar-refractivity contribution in [2.45, 2.75) is 25.3 Å². The van der Waals surface area contributed by atoms with Crippen molar-refractivity contribution in [1.29, 1.82) is 0 Å². The van der Waals surface area contributed by atoms with E-state index in [9.17, 15) is 22.8 Å². The number of hydrogen-bond acceptors (Lipinski definition) is 6. The molecule has 2 amide bonds. The first kappa shape index (κ1) is 23.5. The number of hydrogen-bond donors (Lipinski definition) is 3. The third-order valence-corrected chi connectivity index (χ3v) is 6.48. The molecule has 12 heteroatoms. The van der Waals surface area contributed by atoms with E-state index in [1.54, 1.807) is 10.6 Å². The van der Waals surface area contributed by atoms with E-state index in [4.69, 9.17) is 9.90 Å². The summed E-state index contributed by atoms with van der Waals surface area (Å²) in [6.07, 6.45) is 1.96. The first-order valence-corrected chi connectivity index (χ1v) is 11.2. The SMILES string of the molecule is CC(=O)NCC(=O)NC[C@H]1[C@H]2C[C@H](CN(S(C)(=O)=O)C2)c2cccc(=O)n21.O=CO. The summed E-state index contributed by atoms with van der Waals surface area (Å²) >= 11 is 0. The molecule has 0 saturated carbocycles. The first-order chi connectivity index (χ1) is 14.1. The maximum Gasteiger partial charge on any atom is 0.290 e. The van der Waals surface area contributed by atoms with Gasteiger partial charge in [0.25, 0.3) is 12.0 Å². The van der Waals surface area contributed by atoms with Crippen LogP contribution < -0.4 is 16.2 Å². The minimum Gasteiger partial charge on any atom is -0.483 e. The molecule has 3 N–H and O–H groups in total. The van der Waals surface area contributed by atoms with Crippen molar-refractivity contribution in [3.8, 4) is 0 Å². The van der Waals surface area contributed by atoms with Crippen LogP contribution in [0.4, 0.5) is 0 Å². The van der Waals surface area contributed by atoms with Crippen LogP contribution in [0, 0.1) is 5.92 Å². The average Bonchev–Trinajstić information content (AvgIpc) is 2.66. The highest BCUT2D eigenvalue weighted by molar-refractivity contribution is 7.88. The molecule has 1 aromatic heterocycles. The van der Waals surface area contributed by atoms with Gasteiger partial charge in [0.05, 0.1) is 18.8 Å². The molecule has 3 heterocycles. The summed E-state index contributed by atoms with van der Waals surface area (Å²) in [6.45, 7) is 1.82. The van der Waals surface area contributed by atoms with Crippen LogP contribution in [0.5, 0.6) is 0 Å². The zero-order valence-corrected chi connectivity index (χ0v) is 17.6. The van der Waals surface area contributed by atoms with Crippen molar-refractivity contribution in [3.05, 3.63) is 34.2 Å². The predicted octanol–water partition coefficient (Wildman–Crippen LogP) is -1.28. The Morgan fingerprint density at radius 1 is 1.27 bits per heavy atom. The molecule has 2 aliphatic rings. The number of aromatic nitrogens is 1. The van der Waals surface area contributed by atoms with Gasteiger partial charge in [0.2, 0.25) is 21.8 Å². The van der Waals surface area contributed by atoms with Crippen LogP contribution in [0.15, 0.2) is 23.0 Å². The van der Waals surface area contributed by atoms with Crippen molar-refractivity contribution in [3.63, 3.8) is 0 Å². The Morgan fingerprint density at radius 2 is 1.93 bits per heavy atom. The predicted molar refractivity (Wildman–Crippen MR) is 107 cm³/mol. The van der Waals surface area contributed by atoms with Gasteiger partial charge in [0.15, 0.2) is 0 Å². The average molecular weight is 442 g/mol. The summed E-state index contributed by atoms with van der Waals surface area (Å²) in [5.74, 6) is -0.775. The highest BCUT2D eigenvalue weighted by Gasteiger charge is 2.42. The van der Waals surface area contributed by atoms with E-state index in [-0.39, 0.29) is 54.8 Å². The molecular formula is C18H26N4O7S. The van der Waals surface area contributed by atoms with Crippen LogP contribution in [0.2, 0.25) is 0 Å².